The van der Waals surface area contributed by atoms with Crippen molar-refractivity contribution in [2.24, 2.45) is 0 Å². The van der Waals surface area contributed by atoms with Gasteiger partial charge in [0.2, 0.25) is 5.88 Å². The molecule has 1 N–H and O–H groups in total. The van der Waals surface area contributed by atoms with E-state index >= 15 is 0 Å². The summed E-state index contributed by atoms with van der Waals surface area (Å²) in [6.07, 6.45) is 0.825. The molecule has 0 saturated heterocycles. The second kappa shape index (κ2) is 6.95. The van der Waals surface area contributed by atoms with Crippen molar-refractivity contribution in [2.45, 2.75) is 13.0 Å². The third-order valence-corrected chi connectivity index (χ3v) is 3.03. The molecule has 0 bridgehead atoms. The minimum Gasteiger partial charge on any atom is -0.481 e. The molecule has 21 heavy (non-hydrogen) atoms. The number of ether oxygens (including phenoxy) is 2. The lowest BCUT2D eigenvalue weighted by Crippen LogP contribution is -2.30. The quantitative estimate of drug-likeness (QED) is 0.922. The molecule has 1 unspecified atom stereocenters. The maximum atomic E-state index is 12.0. The Morgan fingerprint density at radius 1 is 1.29 bits per heavy atom. The predicted molar refractivity (Wildman–Crippen MR) is 81.0 cm³/mol. The summed E-state index contributed by atoms with van der Waals surface area (Å²) in [5.74, 6) is 0.657. The molecular formula is C15H15ClN2O3. The molecule has 6 heteroatoms. The molecule has 0 aliphatic heterocycles. The number of carbonyl (C=O) groups excluding carboxylic acids is 1. The maximum Gasteiger partial charge on any atom is 0.265 e. The Bertz CT molecular complexity index is 617. The van der Waals surface area contributed by atoms with Gasteiger partial charge in [0, 0.05) is 6.07 Å². The van der Waals surface area contributed by atoms with Crippen molar-refractivity contribution in [3.63, 3.8) is 0 Å². The van der Waals surface area contributed by atoms with Crippen LogP contribution in [0.1, 0.15) is 6.92 Å². The van der Waals surface area contributed by atoms with Crippen molar-refractivity contribution in [1.82, 2.24) is 4.98 Å². The van der Waals surface area contributed by atoms with Gasteiger partial charge in [0.1, 0.15) is 5.75 Å². The summed E-state index contributed by atoms with van der Waals surface area (Å²) in [5, 5.41) is 3.17. The van der Waals surface area contributed by atoms with Crippen molar-refractivity contribution in [3.05, 3.63) is 47.6 Å². The summed E-state index contributed by atoms with van der Waals surface area (Å²) in [4.78, 5) is 16.1. The Hall–Kier alpha value is -2.27. The number of amides is 1. The fourth-order valence-corrected chi connectivity index (χ4v) is 1.78. The second-order valence-corrected chi connectivity index (χ2v) is 4.68. The Balaban J connectivity index is 1.97. The van der Waals surface area contributed by atoms with Crippen molar-refractivity contribution >= 4 is 23.2 Å². The first-order valence-corrected chi connectivity index (χ1v) is 6.70. The minimum absolute atomic E-state index is 0.290. The Kier molecular flexibility index (Phi) is 5.00. The molecule has 0 aliphatic rings. The highest BCUT2D eigenvalue weighted by Gasteiger charge is 2.16. The van der Waals surface area contributed by atoms with Gasteiger partial charge in [-0.15, -0.1) is 0 Å². The van der Waals surface area contributed by atoms with Crippen LogP contribution in [0.2, 0.25) is 5.02 Å². The normalized spacial score (nSPS) is 11.6. The van der Waals surface area contributed by atoms with E-state index < -0.39 is 6.10 Å². The highest BCUT2D eigenvalue weighted by atomic mass is 35.5. The van der Waals surface area contributed by atoms with Crippen LogP contribution in [-0.4, -0.2) is 24.1 Å². The van der Waals surface area contributed by atoms with Gasteiger partial charge >= 0.3 is 0 Å². The highest BCUT2D eigenvalue weighted by molar-refractivity contribution is 6.32. The first kappa shape index (κ1) is 15.1. The third kappa shape index (κ3) is 4.10. The number of nitrogens with one attached hydrogen (secondary N) is 1. The molecule has 1 aromatic heterocycles. The number of anilines is 1. The molecule has 2 aromatic rings. The van der Waals surface area contributed by atoms with E-state index in [4.69, 9.17) is 21.1 Å². The summed E-state index contributed by atoms with van der Waals surface area (Å²) in [6, 6.07) is 10.4. The van der Waals surface area contributed by atoms with Crippen LogP contribution in [0.4, 0.5) is 5.69 Å². The van der Waals surface area contributed by atoms with Gasteiger partial charge in [-0.25, -0.2) is 4.98 Å². The lowest BCUT2D eigenvalue weighted by Gasteiger charge is -2.15. The van der Waals surface area contributed by atoms with Gasteiger partial charge in [-0.3, -0.25) is 4.79 Å². The SMILES string of the molecule is COc1ccc(NC(=O)C(C)Oc2ccccc2Cl)cn1. The zero-order valence-corrected chi connectivity index (χ0v) is 12.4. The number of hydrogen-bond acceptors (Lipinski definition) is 4. The van der Waals surface area contributed by atoms with Crippen LogP contribution in [0, 0.1) is 0 Å². The molecular weight excluding hydrogens is 292 g/mol. The largest absolute Gasteiger partial charge is 0.481 e. The van der Waals surface area contributed by atoms with Crippen LogP contribution in [0.25, 0.3) is 0 Å². The molecule has 5 nitrogen and oxygen atoms in total. The molecule has 1 aromatic carbocycles. The number of pyridine rings is 1. The summed E-state index contributed by atoms with van der Waals surface area (Å²) in [7, 11) is 1.53. The van der Waals surface area contributed by atoms with Crippen molar-refractivity contribution in [2.75, 3.05) is 12.4 Å². The Morgan fingerprint density at radius 2 is 2.05 bits per heavy atom. The van der Waals surface area contributed by atoms with Crippen LogP contribution in [0.5, 0.6) is 11.6 Å². The number of para-hydroxylation sites is 1. The number of hydrogen-bond donors (Lipinski definition) is 1. The Morgan fingerprint density at radius 3 is 2.67 bits per heavy atom. The van der Waals surface area contributed by atoms with Gasteiger partial charge in [-0.1, -0.05) is 23.7 Å². The van der Waals surface area contributed by atoms with Crippen molar-refractivity contribution in [3.8, 4) is 11.6 Å². The second-order valence-electron chi connectivity index (χ2n) is 4.27. The fraction of sp³-hybridized carbons (Fsp3) is 0.200. The summed E-state index contributed by atoms with van der Waals surface area (Å²) in [5.41, 5.74) is 0.565. The summed E-state index contributed by atoms with van der Waals surface area (Å²) < 4.78 is 10.5. The summed E-state index contributed by atoms with van der Waals surface area (Å²) >= 11 is 5.99. The average Bonchev–Trinajstić information content (AvgIpc) is 2.50. The van der Waals surface area contributed by atoms with E-state index in [9.17, 15) is 4.79 Å². The van der Waals surface area contributed by atoms with Gasteiger partial charge in [0.15, 0.2) is 6.10 Å². The van der Waals surface area contributed by atoms with Gasteiger partial charge in [0.05, 0.1) is 24.0 Å². The van der Waals surface area contributed by atoms with Crippen LogP contribution in [-0.2, 0) is 4.79 Å². The molecule has 0 saturated carbocycles. The van der Waals surface area contributed by atoms with E-state index in [0.29, 0.717) is 22.3 Å². The average molecular weight is 307 g/mol. The molecule has 0 fully saturated rings. The third-order valence-electron chi connectivity index (χ3n) is 2.72. The number of benzene rings is 1. The summed E-state index contributed by atoms with van der Waals surface area (Å²) in [6.45, 7) is 1.65. The number of nitrogens with zero attached hydrogens (tertiary/aromatic N) is 1. The van der Waals surface area contributed by atoms with Crippen LogP contribution >= 0.6 is 11.6 Å². The van der Waals surface area contributed by atoms with E-state index in [-0.39, 0.29) is 5.91 Å². The molecule has 2 rings (SSSR count). The number of methoxy groups -OCH3 is 1. The van der Waals surface area contributed by atoms with E-state index in [0.717, 1.165) is 0 Å². The molecule has 0 spiro atoms. The number of rotatable bonds is 5. The maximum absolute atomic E-state index is 12.0. The highest BCUT2D eigenvalue weighted by Crippen LogP contribution is 2.24. The monoisotopic (exact) mass is 306 g/mol. The van der Waals surface area contributed by atoms with Crippen LogP contribution in [0.15, 0.2) is 42.6 Å². The van der Waals surface area contributed by atoms with E-state index in [1.165, 1.54) is 13.3 Å². The van der Waals surface area contributed by atoms with Crippen molar-refractivity contribution in [1.29, 1.82) is 0 Å². The van der Waals surface area contributed by atoms with E-state index in [1.54, 1.807) is 43.3 Å². The topological polar surface area (TPSA) is 60.5 Å². The predicted octanol–water partition coefficient (Wildman–Crippen LogP) is 3.15. The van der Waals surface area contributed by atoms with E-state index in [2.05, 4.69) is 10.3 Å². The molecule has 0 aliphatic carbocycles. The molecule has 1 amide bonds. The standard InChI is InChI=1S/C15H15ClN2O3/c1-10(21-13-6-4-3-5-12(13)16)15(19)18-11-7-8-14(20-2)17-9-11/h3-10H,1-2H3,(H,18,19). The molecule has 0 radical (unpaired) electrons. The lowest BCUT2D eigenvalue weighted by molar-refractivity contribution is -0.122. The smallest absolute Gasteiger partial charge is 0.265 e. The first-order chi connectivity index (χ1) is 10.1. The number of halogens is 1. The molecule has 1 atom stereocenters. The number of carbonyl (C=O) groups is 1. The Labute approximate surface area is 127 Å². The van der Waals surface area contributed by atoms with Crippen LogP contribution in [0.3, 0.4) is 0 Å². The molecule has 110 valence electrons. The van der Waals surface area contributed by atoms with Crippen molar-refractivity contribution < 1.29 is 14.3 Å². The number of aromatic nitrogens is 1. The van der Waals surface area contributed by atoms with E-state index in [1.807, 2.05) is 0 Å². The van der Waals surface area contributed by atoms with Gasteiger partial charge in [-0.2, -0.15) is 0 Å². The first-order valence-electron chi connectivity index (χ1n) is 6.32. The zero-order valence-electron chi connectivity index (χ0n) is 11.7. The van der Waals surface area contributed by atoms with Gasteiger partial charge < -0.3 is 14.8 Å². The van der Waals surface area contributed by atoms with Gasteiger partial charge in [0.25, 0.3) is 5.91 Å². The van der Waals surface area contributed by atoms with Gasteiger partial charge in [-0.05, 0) is 25.1 Å². The van der Waals surface area contributed by atoms with Crippen LogP contribution < -0.4 is 14.8 Å². The zero-order chi connectivity index (χ0) is 15.2. The lowest BCUT2D eigenvalue weighted by atomic mass is 10.3. The fourth-order valence-electron chi connectivity index (χ4n) is 1.60. The molecule has 1 heterocycles. The minimum atomic E-state index is -0.688.